The molecular formula is C24H20ClFN4O2. The molecule has 1 fully saturated rings. The number of pyridine rings is 1. The number of fused-ring (bicyclic) bond motifs is 1. The summed E-state index contributed by atoms with van der Waals surface area (Å²) in [5.41, 5.74) is 3.77. The number of anilines is 1. The predicted octanol–water partition coefficient (Wildman–Crippen LogP) is 5.77. The molecule has 2 heterocycles. The zero-order valence-corrected chi connectivity index (χ0v) is 18.0. The molecule has 0 aliphatic heterocycles. The summed E-state index contributed by atoms with van der Waals surface area (Å²) < 4.78 is 20.8. The molecule has 0 spiro atoms. The first-order chi connectivity index (χ1) is 15.5. The highest BCUT2D eigenvalue weighted by Crippen LogP contribution is 2.42. The summed E-state index contributed by atoms with van der Waals surface area (Å²) in [6, 6.07) is 12.4. The van der Waals surface area contributed by atoms with Crippen molar-refractivity contribution in [2.24, 2.45) is 0 Å². The SMILES string of the molecule is Cc1ccc(COc2ccc(Cl)c(C(=O)Nc3cnc4n[nH]c(C5CC5)c4c3)c2F)cc1. The van der Waals surface area contributed by atoms with Crippen molar-refractivity contribution in [3.63, 3.8) is 0 Å². The number of hydrogen-bond donors (Lipinski definition) is 2. The number of H-pyrrole nitrogens is 1. The Balaban J connectivity index is 1.37. The zero-order chi connectivity index (χ0) is 22.2. The van der Waals surface area contributed by atoms with Crippen LogP contribution in [0.3, 0.4) is 0 Å². The number of amides is 1. The molecule has 0 radical (unpaired) electrons. The van der Waals surface area contributed by atoms with Crippen molar-refractivity contribution in [2.45, 2.75) is 32.3 Å². The van der Waals surface area contributed by atoms with Gasteiger partial charge >= 0.3 is 0 Å². The molecule has 2 aromatic carbocycles. The summed E-state index contributed by atoms with van der Waals surface area (Å²) in [4.78, 5) is 17.2. The Hall–Kier alpha value is -3.45. The Labute approximate surface area is 188 Å². The van der Waals surface area contributed by atoms with Gasteiger partial charge in [-0.25, -0.2) is 9.37 Å². The molecule has 5 rings (SSSR count). The number of nitrogens with zero attached hydrogens (tertiary/aromatic N) is 2. The minimum atomic E-state index is -0.807. The molecule has 6 nitrogen and oxygen atoms in total. The summed E-state index contributed by atoms with van der Waals surface area (Å²) in [6.07, 6.45) is 3.69. The highest BCUT2D eigenvalue weighted by molar-refractivity contribution is 6.34. The quantitative estimate of drug-likeness (QED) is 0.391. The van der Waals surface area contributed by atoms with E-state index in [0.717, 1.165) is 35.0 Å². The first kappa shape index (κ1) is 20.5. The summed E-state index contributed by atoms with van der Waals surface area (Å²) in [7, 11) is 0. The number of carbonyl (C=O) groups excluding carboxylic acids is 1. The molecule has 8 heteroatoms. The average Bonchev–Trinajstić information content (AvgIpc) is 3.53. The minimum Gasteiger partial charge on any atom is -0.486 e. The lowest BCUT2D eigenvalue weighted by molar-refractivity contribution is 0.102. The second-order valence-corrected chi connectivity index (χ2v) is 8.38. The van der Waals surface area contributed by atoms with Crippen molar-refractivity contribution in [1.29, 1.82) is 0 Å². The molecule has 162 valence electrons. The Bertz CT molecular complexity index is 1320. The summed E-state index contributed by atoms with van der Waals surface area (Å²) in [5.74, 6) is -1.08. The van der Waals surface area contributed by atoms with Crippen LogP contribution in [0.1, 0.15) is 45.9 Å². The number of aromatic nitrogens is 3. The second-order valence-electron chi connectivity index (χ2n) is 7.97. The molecule has 1 aliphatic carbocycles. The van der Waals surface area contributed by atoms with Gasteiger partial charge in [-0.3, -0.25) is 9.89 Å². The third-order valence-corrected chi connectivity index (χ3v) is 5.80. The maximum Gasteiger partial charge on any atom is 0.260 e. The third-order valence-electron chi connectivity index (χ3n) is 5.48. The molecule has 0 saturated heterocycles. The second kappa shape index (κ2) is 8.24. The predicted molar refractivity (Wildman–Crippen MR) is 121 cm³/mol. The highest BCUT2D eigenvalue weighted by atomic mass is 35.5. The van der Waals surface area contributed by atoms with E-state index in [9.17, 15) is 4.79 Å². The maximum atomic E-state index is 15.1. The van der Waals surface area contributed by atoms with Crippen molar-refractivity contribution in [2.75, 3.05) is 5.32 Å². The van der Waals surface area contributed by atoms with Crippen LogP contribution < -0.4 is 10.1 Å². The average molecular weight is 451 g/mol. The molecule has 2 aromatic heterocycles. The van der Waals surface area contributed by atoms with Gasteiger partial charge in [0.2, 0.25) is 0 Å². The van der Waals surface area contributed by atoms with Gasteiger partial charge < -0.3 is 10.1 Å². The Morgan fingerprint density at radius 2 is 2.03 bits per heavy atom. The van der Waals surface area contributed by atoms with Gasteiger partial charge in [-0.1, -0.05) is 41.4 Å². The van der Waals surface area contributed by atoms with Gasteiger partial charge in [0.1, 0.15) is 6.61 Å². The van der Waals surface area contributed by atoms with E-state index in [-0.39, 0.29) is 22.9 Å². The van der Waals surface area contributed by atoms with Crippen LogP contribution in [-0.4, -0.2) is 21.1 Å². The van der Waals surface area contributed by atoms with E-state index in [4.69, 9.17) is 16.3 Å². The third kappa shape index (κ3) is 4.03. The molecule has 0 unspecified atom stereocenters. The number of nitrogens with one attached hydrogen (secondary N) is 2. The molecule has 1 aliphatic rings. The van der Waals surface area contributed by atoms with E-state index in [2.05, 4.69) is 20.5 Å². The van der Waals surface area contributed by atoms with E-state index in [1.54, 1.807) is 6.07 Å². The van der Waals surface area contributed by atoms with Crippen LogP contribution in [0.4, 0.5) is 10.1 Å². The Morgan fingerprint density at radius 1 is 1.25 bits per heavy atom. The monoisotopic (exact) mass is 450 g/mol. The van der Waals surface area contributed by atoms with Gasteiger partial charge in [0.25, 0.3) is 5.91 Å². The standard InChI is InChI=1S/C24H20ClFN4O2/c1-13-2-4-14(5-3-13)12-32-19-9-8-18(25)20(21(19)26)24(31)28-16-10-17-22(15-6-7-15)29-30-23(17)27-11-16/h2-5,8-11,15H,6-7,12H2,1H3,(H,28,31)(H,27,29,30). The van der Waals surface area contributed by atoms with Crippen LogP contribution in [0.2, 0.25) is 5.02 Å². The number of benzene rings is 2. The van der Waals surface area contributed by atoms with Gasteiger partial charge in [0.15, 0.2) is 17.2 Å². The lowest BCUT2D eigenvalue weighted by Crippen LogP contribution is -2.15. The maximum absolute atomic E-state index is 15.1. The van der Waals surface area contributed by atoms with E-state index < -0.39 is 11.7 Å². The van der Waals surface area contributed by atoms with Crippen LogP contribution in [0, 0.1) is 12.7 Å². The number of aromatic amines is 1. The van der Waals surface area contributed by atoms with Crippen LogP contribution in [0.5, 0.6) is 5.75 Å². The molecule has 32 heavy (non-hydrogen) atoms. The number of carbonyl (C=O) groups is 1. The number of halogens is 2. The Morgan fingerprint density at radius 3 is 2.78 bits per heavy atom. The lowest BCUT2D eigenvalue weighted by Gasteiger charge is -2.12. The summed E-state index contributed by atoms with van der Waals surface area (Å²) in [6.45, 7) is 2.16. The van der Waals surface area contributed by atoms with E-state index in [1.165, 1.54) is 18.3 Å². The van der Waals surface area contributed by atoms with Crippen molar-refractivity contribution in [3.8, 4) is 5.75 Å². The largest absolute Gasteiger partial charge is 0.486 e. The fourth-order valence-electron chi connectivity index (χ4n) is 3.56. The van der Waals surface area contributed by atoms with Crippen molar-refractivity contribution >= 4 is 34.2 Å². The number of hydrogen-bond acceptors (Lipinski definition) is 4. The first-order valence-corrected chi connectivity index (χ1v) is 10.7. The smallest absolute Gasteiger partial charge is 0.260 e. The van der Waals surface area contributed by atoms with Gasteiger partial charge in [-0.05, 0) is 43.5 Å². The molecule has 0 atom stereocenters. The minimum absolute atomic E-state index is 0.00120. The van der Waals surface area contributed by atoms with Gasteiger partial charge in [-0.2, -0.15) is 5.10 Å². The fourth-order valence-corrected chi connectivity index (χ4v) is 3.79. The topological polar surface area (TPSA) is 79.9 Å². The van der Waals surface area contributed by atoms with Crippen molar-refractivity contribution < 1.29 is 13.9 Å². The van der Waals surface area contributed by atoms with Crippen LogP contribution >= 0.6 is 11.6 Å². The van der Waals surface area contributed by atoms with Gasteiger partial charge in [0.05, 0.1) is 22.5 Å². The first-order valence-electron chi connectivity index (χ1n) is 10.3. The highest BCUT2D eigenvalue weighted by Gasteiger charge is 2.28. The van der Waals surface area contributed by atoms with Gasteiger partial charge in [-0.15, -0.1) is 0 Å². The van der Waals surface area contributed by atoms with Crippen LogP contribution in [0.25, 0.3) is 11.0 Å². The van der Waals surface area contributed by atoms with Crippen LogP contribution in [0.15, 0.2) is 48.7 Å². The number of aryl methyl sites for hydroxylation is 1. The van der Waals surface area contributed by atoms with Crippen molar-refractivity contribution in [3.05, 3.63) is 81.9 Å². The molecule has 1 amide bonds. The molecule has 0 bridgehead atoms. The van der Waals surface area contributed by atoms with Crippen molar-refractivity contribution in [1.82, 2.24) is 15.2 Å². The van der Waals surface area contributed by atoms with E-state index >= 15 is 4.39 Å². The molecule has 1 saturated carbocycles. The molecule has 4 aromatic rings. The zero-order valence-electron chi connectivity index (χ0n) is 17.3. The summed E-state index contributed by atoms with van der Waals surface area (Å²) >= 11 is 6.16. The normalized spacial score (nSPS) is 13.3. The fraction of sp³-hybridized carbons (Fsp3) is 0.208. The Kier molecular flexibility index (Phi) is 5.27. The van der Waals surface area contributed by atoms with E-state index in [1.807, 2.05) is 31.2 Å². The van der Waals surface area contributed by atoms with E-state index in [0.29, 0.717) is 17.3 Å². The number of rotatable bonds is 6. The van der Waals surface area contributed by atoms with Crippen LogP contribution in [-0.2, 0) is 6.61 Å². The number of ether oxygens (including phenoxy) is 1. The summed E-state index contributed by atoms with van der Waals surface area (Å²) in [5, 5.41) is 10.8. The lowest BCUT2D eigenvalue weighted by atomic mass is 10.1. The molecular weight excluding hydrogens is 431 g/mol. The van der Waals surface area contributed by atoms with Gasteiger partial charge in [0, 0.05) is 17.0 Å². The molecule has 2 N–H and O–H groups in total.